The molecule has 3 heterocycles. The highest BCUT2D eigenvalue weighted by atomic mass is 16.3. The van der Waals surface area contributed by atoms with Crippen molar-refractivity contribution < 1.29 is 74.4 Å². The lowest BCUT2D eigenvalue weighted by molar-refractivity contribution is -0.147. The number of allylic oxidation sites excluding steroid dienone is 4. The second-order valence-electron chi connectivity index (χ2n) is 20.1. The van der Waals surface area contributed by atoms with Gasteiger partial charge in [-0.15, -0.1) is 0 Å². The zero-order valence-corrected chi connectivity index (χ0v) is 43.1. The summed E-state index contributed by atoms with van der Waals surface area (Å²) in [6.07, 6.45) is 4.88. The number of phenols is 1. The normalized spacial score (nSPS) is 28.6. The van der Waals surface area contributed by atoms with Gasteiger partial charge in [0, 0.05) is 32.4 Å². The molecular weight excluding hydrogens is 963 g/mol. The van der Waals surface area contributed by atoms with Crippen LogP contribution in [-0.2, 0) is 33.6 Å². The van der Waals surface area contributed by atoms with Crippen LogP contribution in [0.25, 0.3) is 0 Å². The van der Waals surface area contributed by atoms with E-state index in [-0.39, 0.29) is 36.6 Å². The van der Waals surface area contributed by atoms with Crippen LogP contribution in [0.1, 0.15) is 136 Å². The molecule has 14 atom stereocenters. The first kappa shape index (κ1) is 61.1. The standard InChI is InChI=1S/C52H81N7O15/c1-5-6-7-8-9-10-11-12-13-14-15-16-17-18-19-20-40(65)53-36-27-39(64)49(71)57-48(70)37-25-30(2)28-58(37)51(73)42(32(4)61)55-50(72)43(45(67)44(66)33-21-23-34(62)24-22-33)56-47(69)38-26-35(63)29-59(38)52(74)41(31(3)60)54-46(36)68/h9-10,12-13,21-24,30-32,35-39,41-45,49,60-64,66-67,71H,5-8,11,14-20,25-29H2,1-4H3,(H,53,65)(H,54,68)(H,55,72)(H,56,69)(H,57,70)/b10-9+,13-12+/t30-,31-,32-,35-,36-,37+,38+,39-,41+,42+,43+,44+,45+,49-/m1/s1. The molecule has 414 valence electrons. The van der Waals surface area contributed by atoms with Crippen LogP contribution in [0.5, 0.6) is 5.75 Å². The van der Waals surface area contributed by atoms with Gasteiger partial charge in [0.05, 0.1) is 18.3 Å². The van der Waals surface area contributed by atoms with Gasteiger partial charge in [0.25, 0.3) is 0 Å². The van der Waals surface area contributed by atoms with Crippen molar-refractivity contribution in [2.45, 2.75) is 203 Å². The summed E-state index contributed by atoms with van der Waals surface area (Å²) in [5.74, 6) is -7.87. The maximum atomic E-state index is 14.3. The van der Waals surface area contributed by atoms with Crippen molar-refractivity contribution in [1.82, 2.24) is 36.4 Å². The lowest BCUT2D eigenvalue weighted by atomic mass is 9.96. The number of hydrogen-bond donors (Lipinski definition) is 13. The van der Waals surface area contributed by atoms with Gasteiger partial charge in [0.1, 0.15) is 60.3 Å². The molecule has 0 bridgehead atoms. The topological polar surface area (TPSA) is 348 Å². The molecule has 22 nitrogen and oxygen atoms in total. The number of phenolic OH excluding ortho intramolecular Hbond substituents is 1. The molecule has 74 heavy (non-hydrogen) atoms. The summed E-state index contributed by atoms with van der Waals surface area (Å²) < 4.78 is 0. The van der Waals surface area contributed by atoms with Crippen LogP contribution in [0.3, 0.4) is 0 Å². The van der Waals surface area contributed by atoms with Gasteiger partial charge < -0.3 is 77.2 Å². The number of aliphatic hydroxyl groups is 7. The lowest BCUT2D eigenvalue weighted by Gasteiger charge is -2.34. The molecule has 1 aromatic rings. The molecule has 0 unspecified atom stereocenters. The van der Waals surface area contributed by atoms with Gasteiger partial charge in [-0.3, -0.25) is 33.6 Å². The van der Waals surface area contributed by atoms with E-state index in [9.17, 15) is 74.4 Å². The van der Waals surface area contributed by atoms with Gasteiger partial charge >= 0.3 is 0 Å². The number of amides is 7. The molecule has 3 saturated heterocycles. The van der Waals surface area contributed by atoms with Gasteiger partial charge in [-0.1, -0.05) is 82.4 Å². The third-order valence-corrected chi connectivity index (χ3v) is 13.7. The van der Waals surface area contributed by atoms with Crippen molar-refractivity contribution in [3.63, 3.8) is 0 Å². The lowest BCUT2D eigenvalue weighted by Crippen LogP contribution is -2.64. The average Bonchev–Trinajstić information content (AvgIpc) is 3.96. The third-order valence-electron chi connectivity index (χ3n) is 13.7. The Labute approximate surface area is 433 Å². The number of aliphatic hydroxyl groups excluding tert-OH is 7. The Balaban J connectivity index is 1.60. The quantitative estimate of drug-likeness (QED) is 0.0589. The number of fused-ring (bicyclic) bond motifs is 2. The number of unbranched alkanes of at least 4 members (excludes halogenated alkanes) is 8. The Morgan fingerprint density at radius 3 is 1.80 bits per heavy atom. The SMILES string of the molecule is CCCCC/C=C/C/C=C/CCCCCCCC(=O)N[C@@H]1C[C@@H](O)[C@@H](O)NC(=O)[C@@H]2C[C@@H](C)CN2C(=O)[C@H]([C@@H](C)O)NC(=O)[C@H]([C@H](O)[C@@H](O)c2ccc(O)cc2)NC(=O)[C@@H]2C[C@@H](O)CN2C(=O)[C@H]([C@@H](C)O)NC1=O. The summed E-state index contributed by atoms with van der Waals surface area (Å²) in [4.78, 5) is 100. The number of rotatable bonds is 20. The molecule has 22 heteroatoms. The van der Waals surface area contributed by atoms with E-state index >= 15 is 0 Å². The van der Waals surface area contributed by atoms with Crippen molar-refractivity contribution in [1.29, 1.82) is 0 Å². The number of benzene rings is 1. The number of nitrogens with one attached hydrogen (secondary N) is 5. The highest BCUT2D eigenvalue weighted by Crippen LogP contribution is 2.27. The fraction of sp³-hybridized carbons (Fsp3) is 0.673. The molecule has 3 aliphatic rings. The zero-order valence-electron chi connectivity index (χ0n) is 43.1. The highest BCUT2D eigenvalue weighted by molar-refractivity contribution is 5.98. The molecule has 0 radical (unpaired) electrons. The van der Waals surface area contributed by atoms with Crippen molar-refractivity contribution in [3.8, 4) is 5.75 Å². The second-order valence-corrected chi connectivity index (χ2v) is 20.1. The minimum Gasteiger partial charge on any atom is -0.508 e. The van der Waals surface area contributed by atoms with Crippen LogP contribution >= 0.6 is 0 Å². The van der Waals surface area contributed by atoms with E-state index < -0.39 is 140 Å². The molecule has 4 rings (SSSR count). The Morgan fingerprint density at radius 1 is 0.662 bits per heavy atom. The summed E-state index contributed by atoms with van der Waals surface area (Å²) in [5, 5.41) is 99.6. The van der Waals surface area contributed by atoms with E-state index in [2.05, 4.69) is 57.8 Å². The fourth-order valence-electron chi connectivity index (χ4n) is 9.39. The molecule has 7 amide bonds. The number of carbonyl (C=O) groups is 7. The van der Waals surface area contributed by atoms with Gasteiger partial charge in [-0.2, -0.15) is 0 Å². The van der Waals surface area contributed by atoms with Gasteiger partial charge in [-0.25, -0.2) is 0 Å². The smallest absolute Gasteiger partial charge is 0.248 e. The van der Waals surface area contributed by atoms with E-state index in [1.807, 2.05) is 0 Å². The van der Waals surface area contributed by atoms with Crippen molar-refractivity contribution in [3.05, 3.63) is 54.1 Å². The first-order valence-electron chi connectivity index (χ1n) is 26.1. The number of carbonyl (C=O) groups excluding carboxylic acids is 7. The second kappa shape index (κ2) is 30.2. The van der Waals surface area contributed by atoms with Crippen LogP contribution in [0.4, 0.5) is 0 Å². The van der Waals surface area contributed by atoms with E-state index in [1.165, 1.54) is 43.5 Å². The first-order chi connectivity index (χ1) is 35.1. The minimum absolute atomic E-state index is 0.0187. The Hall–Kier alpha value is -5.49. The van der Waals surface area contributed by atoms with Gasteiger partial charge in [-0.05, 0) is 82.4 Å². The number of hydrogen-bond acceptors (Lipinski definition) is 15. The first-order valence-corrected chi connectivity index (χ1v) is 26.1. The van der Waals surface area contributed by atoms with E-state index in [0.29, 0.717) is 12.8 Å². The van der Waals surface area contributed by atoms with E-state index in [0.717, 1.165) is 62.2 Å². The van der Waals surface area contributed by atoms with Crippen molar-refractivity contribution >= 4 is 41.4 Å². The van der Waals surface area contributed by atoms with Crippen LogP contribution in [0.15, 0.2) is 48.6 Å². The predicted molar refractivity (Wildman–Crippen MR) is 270 cm³/mol. The van der Waals surface area contributed by atoms with Crippen molar-refractivity contribution in [2.24, 2.45) is 5.92 Å². The van der Waals surface area contributed by atoms with E-state index in [4.69, 9.17) is 0 Å². The zero-order chi connectivity index (χ0) is 54.6. The van der Waals surface area contributed by atoms with Crippen LogP contribution in [0.2, 0.25) is 0 Å². The maximum Gasteiger partial charge on any atom is 0.248 e. The number of nitrogens with zero attached hydrogens (tertiary/aromatic N) is 2. The highest BCUT2D eigenvalue weighted by Gasteiger charge is 2.47. The van der Waals surface area contributed by atoms with Crippen LogP contribution in [0, 0.1) is 5.92 Å². The fourth-order valence-corrected chi connectivity index (χ4v) is 9.39. The Kier molecular flexibility index (Phi) is 24.9. The van der Waals surface area contributed by atoms with Gasteiger partial charge in [0.2, 0.25) is 41.4 Å². The minimum atomic E-state index is -2.23. The molecule has 0 saturated carbocycles. The Morgan fingerprint density at radius 2 is 1.19 bits per heavy atom. The largest absolute Gasteiger partial charge is 0.508 e. The molecule has 0 spiro atoms. The molecule has 1 aromatic carbocycles. The molecular formula is C52H81N7O15. The Bertz CT molecular complexity index is 2070. The summed E-state index contributed by atoms with van der Waals surface area (Å²) in [7, 11) is 0. The van der Waals surface area contributed by atoms with Crippen molar-refractivity contribution in [2.75, 3.05) is 13.1 Å². The third kappa shape index (κ3) is 18.1. The van der Waals surface area contributed by atoms with E-state index in [1.54, 1.807) is 6.92 Å². The molecule has 0 aliphatic carbocycles. The van der Waals surface area contributed by atoms with Gasteiger partial charge in [0.15, 0.2) is 6.23 Å². The predicted octanol–water partition coefficient (Wildman–Crippen LogP) is -0.301. The van der Waals surface area contributed by atoms with Crippen LogP contribution in [-0.4, -0.2) is 178 Å². The molecule has 3 fully saturated rings. The number of aromatic hydroxyl groups is 1. The molecule has 3 aliphatic heterocycles. The summed E-state index contributed by atoms with van der Waals surface area (Å²) in [5.41, 5.74) is -0.0327. The summed E-state index contributed by atoms with van der Waals surface area (Å²) in [6, 6.07) is -5.75. The summed E-state index contributed by atoms with van der Waals surface area (Å²) >= 11 is 0. The monoisotopic (exact) mass is 1040 g/mol. The molecule has 13 N–H and O–H groups in total. The average molecular weight is 1040 g/mol. The van der Waals surface area contributed by atoms with Crippen LogP contribution < -0.4 is 26.6 Å². The summed E-state index contributed by atoms with van der Waals surface area (Å²) in [6.45, 7) is 5.57. The maximum absolute atomic E-state index is 14.3. The molecule has 0 aromatic heterocycles.